The topological polar surface area (TPSA) is 56.2 Å². The van der Waals surface area contributed by atoms with Gasteiger partial charge in [-0.15, -0.1) is 0 Å². The molecule has 2 atom stereocenters. The van der Waals surface area contributed by atoms with Crippen molar-refractivity contribution in [2.24, 2.45) is 11.1 Å². The molecular weight excluding hydrogens is 190 g/mol. The number of carbonyl (C=O) groups excluding carboxylic acids is 1. The Labute approximate surface area is 89.6 Å². The van der Waals surface area contributed by atoms with Gasteiger partial charge in [-0.05, 0) is 25.3 Å². The van der Waals surface area contributed by atoms with E-state index in [1.807, 2.05) is 13.8 Å². The Morgan fingerprint density at radius 2 is 2.33 bits per heavy atom. The smallest absolute Gasteiger partial charge is 0.173 e. The molecule has 0 aliphatic heterocycles. The van der Waals surface area contributed by atoms with Crippen molar-refractivity contribution in [1.29, 1.82) is 0 Å². The highest BCUT2D eigenvalue weighted by Gasteiger charge is 2.43. The second-order valence-electron chi connectivity index (χ2n) is 4.71. The Hall–Kier alpha value is -1.09. The summed E-state index contributed by atoms with van der Waals surface area (Å²) in [5.41, 5.74) is 7.22. The molecular formula is C12H17NO2. The lowest BCUT2D eigenvalue weighted by Gasteiger charge is -2.26. The zero-order valence-electron chi connectivity index (χ0n) is 9.25. The average molecular weight is 207 g/mol. The van der Waals surface area contributed by atoms with Crippen LogP contribution in [0, 0.1) is 12.3 Å². The summed E-state index contributed by atoms with van der Waals surface area (Å²) in [4.78, 5) is 12.3. The molecule has 0 radical (unpaired) electrons. The Morgan fingerprint density at radius 1 is 1.60 bits per heavy atom. The summed E-state index contributed by atoms with van der Waals surface area (Å²) in [5.74, 6) is 0.138. The lowest BCUT2D eigenvalue weighted by Crippen LogP contribution is -2.41. The van der Waals surface area contributed by atoms with Crippen LogP contribution in [0.1, 0.15) is 42.1 Å². The molecule has 15 heavy (non-hydrogen) atoms. The molecule has 2 rings (SSSR count). The standard InChI is InChI=1S/C12H17NO2/c1-8-6-15-7-9(8)11(14)12(2)5-3-4-10(12)13/h6-7,10H,3-5,13H2,1-2H3. The molecule has 1 heterocycles. The van der Waals surface area contributed by atoms with Gasteiger partial charge in [0, 0.05) is 11.5 Å². The molecule has 82 valence electrons. The van der Waals surface area contributed by atoms with Crippen LogP contribution in [0.3, 0.4) is 0 Å². The first-order chi connectivity index (χ1) is 7.05. The summed E-state index contributed by atoms with van der Waals surface area (Å²) in [5, 5.41) is 0. The lowest BCUT2D eigenvalue weighted by molar-refractivity contribution is 0.0801. The van der Waals surface area contributed by atoms with Gasteiger partial charge in [-0.1, -0.05) is 13.3 Å². The quantitative estimate of drug-likeness (QED) is 0.757. The number of Topliss-reactive ketones (excluding diaryl/α,β-unsaturated/α-hetero) is 1. The number of furan rings is 1. The summed E-state index contributed by atoms with van der Waals surface area (Å²) in [6.45, 7) is 3.86. The molecule has 1 aliphatic rings. The molecule has 1 saturated carbocycles. The molecule has 3 heteroatoms. The van der Waals surface area contributed by atoms with Gasteiger partial charge in [-0.3, -0.25) is 4.79 Å². The summed E-state index contributed by atoms with van der Waals surface area (Å²) in [7, 11) is 0. The van der Waals surface area contributed by atoms with Gasteiger partial charge in [0.1, 0.15) is 6.26 Å². The number of carbonyl (C=O) groups is 1. The maximum atomic E-state index is 12.3. The zero-order chi connectivity index (χ0) is 11.1. The highest BCUT2D eigenvalue weighted by atomic mass is 16.3. The van der Waals surface area contributed by atoms with Crippen molar-refractivity contribution in [2.75, 3.05) is 0 Å². The van der Waals surface area contributed by atoms with E-state index in [2.05, 4.69) is 0 Å². The van der Waals surface area contributed by atoms with Crippen LogP contribution in [0.2, 0.25) is 0 Å². The van der Waals surface area contributed by atoms with Crippen molar-refractivity contribution < 1.29 is 9.21 Å². The minimum absolute atomic E-state index is 0.0145. The van der Waals surface area contributed by atoms with Crippen LogP contribution >= 0.6 is 0 Å². The van der Waals surface area contributed by atoms with Crippen LogP contribution < -0.4 is 5.73 Å². The maximum absolute atomic E-state index is 12.3. The van der Waals surface area contributed by atoms with Crippen molar-refractivity contribution in [3.05, 3.63) is 23.7 Å². The number of hydrogen-bond donors (Lipinski definition) is 1. The second-order valence-corrected chi connectivity index (χ2v) is 4.71. The predicted molar refractivity (Wildman–Crippen MR) is 57.7 cm³/mol. The van der Waals surface area contributed by atoms with Gasteiger partial charge in [0.2, 0.25) is 0 Å². The van der Waals surface area contributed by atoms with Crippen LogP contribution in [0.5, 0.6) is 0 Å². The van der Waals surface area contributed by atoms with Crippen molar-refractivity contribution >= 4 is 5.78 Å². The number of ketones is 1. The fourth-order valence-electron chi connectivity index (χ4n) is 2.38. The lowest BCUT2D eigenvalue weighted by atomic mass is 9.78. The minimum atomic E-state index is -0.394. The predicted octanol–water partition coefficient (Wildman–Crippen LogP) is 2.29. The molecule has 1 aliphatic carbocycles. The third-order valence-electron chi connectivity index (χ3n) is 3.65. The number of aryl methyl sites for hydroxylation is 1. The van der Waals surface area contributed by atoms with Crippen molar-refractivity contribution in [3.63, 3.8) is 0 Å². The van der Waals surface area contributed by atoms with Crippen LogP contribution in [0.15, 0.2) is 16.9 Å². The van der Waals surface area contributed by atoms with Gasteiger partial charge in [0.05, 0.1) is 11.8 Å². The molecule has 2 N–H and O–H groups in total. The van der Waals surface area contributed by atoms with E-state index in [0.717, 1.165) is 24.8 Å². The van der Waals surface area contributed by atoms with Gasteiger partial charge in [-0.2, -0.15) is 0 Å². The van der Waals surface area contributed by atoms with E-state index in [-0.39, 0.29) is 11.8 Å². The fraction of sp³-hybridized carbons (Fsp3) is 0.583. The molecule has 0 spiro atoms. The van der Waals surface area contributed by atoms with E-state index in [0.29, 0.717) is 5.56 Å². The zero-order valence-corrected chi connectivity index (χ0v) is 9.25. The Bertz CT molecular complexity index is 383. The van der Waals surface area contributed by atoms with Crippen LogP contribution in [0.25, 0.3) is 0 Å². The first-order valence-electron chi connectivity index (χ1n) is 5.39. The van der Waals surface area contributed by atoms with Crippen LogP contribution in [0.4, 0.5) is 0 Å². The molecule has 2 unspecified atom stereocenters. The van der Waals surface area contributed by atoms with Crippen molar-refractivity contribution in [1.82, 2.24) is 0 Å². The third-order valence-corrected chi connectivity index (χ3v) is 3.65. The van der Waals surface area contributed by atoms with E-state index in [9.17, 15) is 4.79 Å². The molecule has 1 fully saturated rings. The first kappa shape index (κ1) is 10.4. The van der Waals surface area contributed by atoms with Crippen LogP contribution in [-0.4, -0.2) is 11.8 Å². The molecule has 3 nitrogen and oxygen atoms in total. The normalized spacial score (nSPS) is 30.7. The van der Waals surface area contributed by atoms with E-state index < -0.39 is 5.41 Å². The molecule has 0 bridgehead atoms. The Kier molecular flexibility index (Phi) is 2.43. The second kappa shape index (κ2) is 3.49. The van der Waals surface area contributed by atoms with Gasteiger partial charge >= 0.3 is 0 Å². The van der Waals surface area contributed by atoms with Crippen LogP contribution in [-0.2, 0) is 0 Å². The van der Waals surface area contributed by atoms with Gasteiger partial charge in [0.25, 0.3) is 0 Å². The maximum Gasteiger partial charge on any atom is 0.173 e. The number of rotatable bonds is 2. The van der Waals surface area contributed by atoms with E-state index >= 15 is 0 Å². The minimum Gasteiger partial charge on any atom is -0.472 e. The highest BCUT2D eigenvalue weighted by molar-refractivity contribution is 6.01. The van der Waals surface area contributed by atoms with Gasteiger partial charge in [0.15, 0.2) is 5.78 Å². The summed E-state index contributed by atoms with van der Waals surface area (Å²) in [6, 6.07) is -0.0145. The Morgan fingerprint density at radius 3 is 2.80 bits per heavy atom. The summed E-state index contributed by atoms with van der Waals surface area (Å²) < 4.78 is 5.04. The molecule has 0 amide bonds. The van der Waals surface area contributed by atoms with Gasteiger partial charge in [-0.25, -0.2) is 0 Å². The van der Waals surface area contributed by atoms with Crippen molar-refractivity contribution in [3.8, 4) is 0 Å². The largest absolute Gasteiger partial charge is 0.472 e. The molecule has 0 saturated heterocycles. The first-order valence-corrected chi connectivity index (χ1v) is 5.39. The van der Waals surface area contributed by atoms with E-state index in [4.69, 9.17) is 10.2 Å². The van der Waals surface area contributed by atoms with Gasteiger partial charge < -0.3 is 10.2 Å². The SMILES string of the molecule is Cc1cocc1C(=O)C1(C)CCCC1N. The fourth-order valence-corrected chi connectivity index (χ4v) is 2.38. The average Bonchev–Trinajstić information content (AvgIpc) is 2.75. The van der Waals surface area contributed by atoms with Crippen molar-refractivity contribution in [2.45, 2.75) is 39.2 Å². The molecule has 1 aromatic rings. The van der Waals surface area contributed by atoms with E-state index in [1.54, 1.807) is 6.26 Å². The third kappa shape index (κ3) is 1.51. The monoisotopic (exact) mass is 207 g/mol. The number of hydrogen-bond acceptors (Lipinski definition) is 3. The summed E-state index contributed by atoms with van der Waals surface area (Å²) in [6.07, 6.45) is 6.02. The number of nitrogens with two attached hydrogens (primary N) is 1. The van der Waals surface area contributed by atoms with E-state index in [1.165, 1.54) is 6.26 Å². The molecule has 1 aromatic heterocycles. The molecule has 0 aromatic carbocycles. The summed E-state index contributed by atoms with van der Waals surface area (Å²) >= 11 is 0. The highest BCUT2D eigenvalue weighted by Crippen LogP contribution is 2.40. The Balaban J connectivity index is 2.32.